The number of nitrogens with one attached hydrogen (secondary N) is 1. The van der Waals surface area contributed by atoms with Crippen LogP contribution in [0.25, 0.3) is 16.9 Å². The molecule has 30 heavy (non-hydrogen) atoms. The summed E-state index contributed by atoms with van der Waals surface area (Å²) in [6.07, 6.45) is 1.49. The number of aromatic nitrogens is 4. The molecule has 0 radical (unpaired) electrons. The lowest BCUT2D eigenvalue weighted by molar-refractivity contribution is 0.598. The second-order valence-electron chi connectivity index (χ2n) is 6.80. The first-order valence-electron chi connectivity index (χ1n) is 8.96. The number of fused-ring (bicyclic) bond motifs is 1. The van der Waals surface area contributed by atoms with E-state index in [0.717, 1.165) is 16.8 Å². The molecule has 2 aromatic heterocycles. The molecule has 9 nitrogen and oxygen atoms in total. The molecule has 0 fully saturated rings. The standard InChI is InChI=1S/C20H18N6O3S/c1-12-3-7-14(8-4-12)26-11-22-17-16(23-20(27)24-19(17)26)18(21)25-30(28,29)15-9-5-13(2)6-10-15/h3-11H,1-2H3,(H2,21,25)(H,23,24,27). The summed E-state index contributed by atoms with van der Waals surface area (Å²) in [7, 11) is -4.07. The third-order valence-electron chi connectivity index (χ3n) is 4.52. The van der Waals surface area contributed by atoms with Gasteiger partial charge in [-0.15, -0.1) is 4.40 Å². The van der Waals surface area contributed by atoms with Crippen LogP contribution in [0, 0.1) is 13.8 Å². The molecule has 0 saturated heterocycles. The molecule has 0 aliphatic carbocycles. The predicted molar refractivity (Wildman–Crippen MR) is 113 cm³/mol. The van der Waals surface area contributed by atoms with Gasteiger partial charge in [0.2, 0.25) is 0 Å². The van der Waals surface area contributed by atoms with Crippen molar-refractivity contribution >= 4 is 27.0 Å². The van der Waals surface area contributed by atoms with E-state index in [4.69, 9.17) is 5.73 Å². The monoisotopic (exact) mass is 422 g/mol. The van der Waals surface area contributed by atoms with E-state index in [9.17, 15) is 13.2 Å². The lowest BCUT2D eigenvalue weighted by Gasteiger charge is -2.06. The van der Waals surface area contributed by atoms with Crippen molar-refractivity contribution in [3.63, 3.8) is 0 Å². The molecule has 152 valence electrons. The van der Waals surface area contributed by atoms with E-state index in [2.05, 4.69) is 19.3 Å². The SMILES string of the molecule is Cc1ccc(-n2cnc3c(/C(N)=N\S(=O)(=O)c4ccc(C)cc4)[nH]c(=O)nc32)cc1. The van der Waals surface area contributed by atoms with Crippen LogP contribution in [-0.4, -0.2) is 33.8 Å². The van der Waals surface area contributed by atoms with E-state index < -0.39 is 15.7 Å². The van der Waals surface area contributed by atoms with Crippen molar-refractivity contribution in [2.45, 2.75) is 18.7 Å². The summed E-state index contributed by atoms with van der Waals surface area (Å²) < 4.78 is 30.5. The van der Waals surface area contributed by atoms with Gasteiger partial charge in [0.25, 0.3) is 10.0 Å². The summed E-state index contributed by atoms with van der Waals surface area (Å²) in [5.41, 5.74) is 8.47. The molecule has 0 saturated carbocycles. The molecule has 10 heteroatoms. The fourth-order valence-corrected chi connectivity index (χ4v) is 3.87. The molecule has 3 N–H and O–H groups in total. The molecule has 2 aromatic carbocycles. The first-order valence-corrected chi connectivity index (χ1v) is 10.4. The van der Waals surface area contributed by atoms with Crippen LogP contribution >= 0.6 is 0 Å². The molecule has 0 aliphatic rings. The molecule has 0 aliphatic heterocycles. The van der Waals surface area contributed by atoms with E-state index in [-0.39, 0.29) is 27.6 Å². The van der Waals surface area contributed by atoms with Crippen molar-refractivity contribution in [1.29, 1.82) is 0 Å². The van der Waals surface area contributed by atoms with E-state index in [1.807, 2.05) is 38.1 Å². The molecule has 0 amide bonds. The second-order valence-corrected chi connectivity index (χ2v) is 8.41. The van der Waals surface area contributed by atoms with Crippen LogP contribution in [0.15, 0.2) is 68.9 Å². The van der Waals surface area contributed by atoms with Gasteiger partial charge in [0, 0.05) is 5.69 Å². The van der Waals surface area contributed by atoms with Gasteiger partial charge < -0.3 is 10.7 Å². The smallest absolute Gasteiger partial charge is 0.347 e. The number of benzene rings is 2. The van der Waals surface area contributed by atoms with Gasteiger partial charge in [-0.1, -0.05) is 35.4 Å². The van der Waals surface area contributed by atoms with Crippen molar-refractivity contribution in [3.8, 4) is 5.69 Å². The fraction of sp³-hybridized carbons (Fsp3) is 0.100. The van der Waals surface area contributed by atoms with E-state index in [1.165, 1.54) is 18.5 Å². The normalized spacial score (nSPS) is 12.4. The molecule has 0 unspecified atom stereocenters. The maximum Gasteiger partial charge on any atom is 0.347 e. The number of rotatable bonds is 4. The van der Waals surface area contributed by atoms with Crippen LogP contribution < -0.4 is 11.4 Å². The van der Waals surface area contributed by atoms with Crippen LogP contribution in [0.5, 0.6) is 0 Å². The van der Waals surface area contributed by atoms with Gasteiger partial charge in [-0.2, -0.15) is 13.4 Å². The number of hydrogen-bond acceptors (Lipinski definition) is 5. The van der Waals surface area contributed by atoms with Gasteiger partial charge in [-0.05, 0) is 38.1 Å². The van der Waals surface area contributed by atoms with Gasteiger partial charge >= 0.3 is 5.69 Å². The van der Waals surface area contributed by atoms with Crippen molar-refractivity contribution in [2.24, 2.45) is 10.1 Å². The summed E-state index contributed by atoms with van der Waals surface area (Å²) >= 11 is 0. The first kappa shape index (κ1) is 19.5. The van der Waals surface area contributed by atoms with Crippen molar-refractivity contribution in [2.75, 3.05) is 0 Å². The number of aryl methyl sites for hydroxylation is 2. The average molecular weight is 422 g/mol. The highest BCUT2D eigenvalue weighted by Gasteiger charge is 2.19. The van der Waals surface area contributed by atoms with Crippen molar-refractivity contribution < 1.29 is 8.42 Å². The van der Waals surface area contributed by atoms with Gasteiger partial charge in [-0.3, -0.25) is 4.57 Å². The number of imidazole rings is 1. The molecular formula is C20H18N6O3S. The zero-order chi connectivity index (χ0) is 21.5. The Morgan fingerprint density at radius 3 is 2.27 bits per heavy atom. The van der Waals surface area contributed by atoms with E-state index in [1.54, 1.807) is 16.7 Å². The minimum absolute atomic E-state index is 0.00567. The van der Waals surface area contributed by atoms with Gasteiger partial charge in [-0.25, -0.2) is 9.78 Å². The minimum atomic E-state index is -4.07. The summed E-state index contributed by atoms with van der Waals surface area (Å²) in [4.78, 5) is 22.8. The lowest BCUT2D eigenvalue weighted by Crippen LogP contribution is -2.24. The van der Waals surface area contributed by atoms with Gasteiger partial charge in [0.1, 0.15) is 17.5 Å². The van der Waals surface area contributed by atoms with Crippen molar-refractivity contribution in [1.82, 2.24) is 19.5 Å². The number of sulfonamides is 1. The Labute approximate surface area is 172 Å². The molecule has 0 atom stereocenters. The van der Waals surface area contributed by atoms with Crippen molar-refractivity contribution in [3.05, 3.63) is 82.2 Å². The Morgan fingerprint density at radius 2 is 1.63 bits per heavy atom. The maximum atomic E-state index is 12.6. The topological polar surface area (TPSA) is 136 Å². The zero-order valence-corrected chi connectivity index (χ0v) is 17.0. The highest BCUT2D eigenvalue weighted by atomic mass is 32.2. The minimum Gasteiger partial charge on any atom is -0.381 e. The largest absolute Gasteiger partial charge is 0.381 e. The summed E-state index contributed by atoms with van der Waals surface area (Å²) in [5, 5.41) is 0. The Kier molecular flexibility index (Phi) is 4.70. The molecule has 0 bridgehead atoms. The molecular weight excluding hydrogens is 404 g/mol. The van der Waals surface area contributed by atoms with E-state index in [0.29, 0.717) is 0 Å². The average Bonchev–Trinajstić information content (AvgIpc) is 3.11. The first-order chi connectivity index (χ1) is 14.2. The van der Waals surface area contributed by atoms with Crippen LogP contribution in [-0.2, 0) is 10.0 Å². The second kappa shape index (κ2) is 7.23. The Bertz CT molecular complexity index is 1430. The number of nitrogens with two attached hydrogens (primary N) is 1. The predicted octanol–water partition coefficient (Wildman–Crippen LogP) is 1.82. The highest BCUT2D eigenvalue weighted by molar-refractivity contribution is 7.90. The third-order valence-corrected chi connectivity index (χ3v) is 5.83. The highest BCUT2D eigenvalue weighted by Crippen LogP contribution is 2.19. The summed E-state index contributed by atoms with van der Waals surface area (Å²) in [6.45, 7) is 3.80. The zero-order valence-electron chi connectivity index (χ0n) is 16.2. The fourth-order valence-electron chi connectivity index (χ4n) is 2.93. The summed E-state index contributed by atoms with van der Waals surface area (Å²) in [6, 6.07) is 13.8. The number of amidine groups is 1. The molecule has 2 heterocycles. The Hall–Kier alpha value is -3.79. The maximum absolute atomic E-state index is 12.6. The van der Waals surface area contributed by atoms with Crippen LogP contribution in [0.2, 0.25) is 0 Å². The number of nitrogens with zero attached hydrogens (tertiary/aromatic N) is 4. The Balaban J connectivity index is 1.84. The Morgan fingerprint density at radius 1 is 1.03 bits per heavy atom. The van der Waals surface area contributed by atoms with Gasteiger partial charge in [0.05, 0.1) is 4.90 Å². The van der Waals surface area contributed by atoms with E-state index >= 15 is 0 Å². The third kappa shape index (κ3) is 3.60. The molecule has 4 rings (SSSR count). The van der Waals surface area contributed by atoms with Gasteiger partial charge in [0.15, 0.2) is 11.5 Å². The quantitative estimate of drug-likeness (QED) is 0.380. The van der Waals surface area contributed by atoms with Crippen LogP contribution in [0.3, 0.4) is 0 Å². The molecule has 4 aromatic rings. The number of H-pyrrole nitrogens is 1. The van der Waals surface area contributed by atoms with Crippen LogP contribution in [0.1, 0.15) is 16.8 Å². The summed E-state index contributed by atoms with van der Waals surface area (Å²) in [5.74, 6) is -0.380. The number of aromatic amines is 1. The molecule has 0 spiro atoms. The number of hydrogen-bond donors (Lipinski definition) is 2. The lowest BCUT2D eigenvalue weighted by atomic mass is 10.2. The van der Waals surface area contributed by atoms with Crippen LogP contribution in [0.4, 0.5) is 0 Å².